The Bertz CT molecular complexity index is 1340. The number of carbonyl (C=O) groups excluding carboxylic acids is 1. The second-order valence-electron chi connectivity index (χ2n) is 8.27. The zero-order chi connectivity index (χ0) is 23.7. The number of anilines is 2. The summed E-state index contributed by atoms with van der Waals surface area (Å²) in [4.78, 5) is 27.7. The first-order valence-electron chi connectivity index (χ1n) is 11.1. The smallest absolute Gasteiger partial charge is 0.357 e. The van der Waals surface area contributed by atoms with E-state index in [1.807, 2.05) is 18.3 Å². The van der Waals surface area contributed by atoms with E-state index in [1.165, 1.54) is 18.6 Å². The maximum Gasteiger partial charge on any atom is 0.416 e. The number of alkyl halides is 3. The van der Waals surface area contributed by atoms with Crippen molar-refractivity contribution >= 4 is 28.4 Å². The van der Waals surface area contributed by atoms with Gasteiger partial charge in [0.2, 0.25) is 0 Å². The van der Waals surface area contributed by atoms with Gasteiger partial charge in [-0.2, -0.15) is 13.2 Å². The normalized spacial score (nSPS) is 14.4. The van der Waals surface area contributed by atoms with Crippen LogP contribution in [0.3, 0.4) is 0 Å². The number of benzene rings is 2. The average molecular weight is 465 g/mol. The summed E-state index contributed by atoms with van der Waals surface area (Å²) in [6, 6.07) is 13.2. The molecule has 34 heavy (non-hydrogen) atoms. The summed E-state index contributed by atoms with van der Waals surface area (Å²) in [7, 11) is 0. The highest BCUT2D eigenvalue weighted by Crippen LogP contribution is 2.31. The number of halogens is 3. The quantitative estimate of drug-likeness (QED) is 0.394. The predicted molar refractivity (Wildman–Crippen MR) is 125 cm³/mol. The van der Waals surface area contributed by atoms with Crippen molar-refractivity contribution in [3.05, 3.63) is 71.9 Å². The summed E-state index contributed by atoms with van der Waals surface area (Å²) >= 11 is 0. The molecule has 0 spiro atoms. The van der Waals surface area contributed by atoms with Crippen molar-refractivity contribution in [2.75, 3.05) is 23.3 Å². The van der Waals surface area contributed by atoms with Gasteiger partial charge in [0.1, 0.15) is 5.52 Å². The van der Waals surface area contributed by atoms with Crippen molar-refractivity contribution < 1.29 is 18.0 Å². The fourth-order valence-corrected chi connectivity index (χ4v) is 4.17. The number of hydrogen-bond donors (Lipinski definition) is 2. The summed E-state index contributed by atoms with van der Waals surface area (Å²) in [5, 5.41) is 2.54. The predicted octanol–water partition coefficient (Wildman–Crippen LogP) is 5.89. The Morgan fingerprint density at radius 3 is 2.56 bits per heavy atom. The number of nitrogens with one attached hydrogen (secondary N) is 2. The van der Waals surface area contributed by atoms with Crippen molar-refractivity contribution in [2.24, 2.45) is 0 Å². The van der Waals surface area contributed by atoms with Crippen LogP contribution < -0.4 is 10.2 Å². The number of H-pyrrole nitrogens is 1. The molecular formula is C25H22F3N5O. The number of amides is 1. The first-order valence-corrected chi connectivity index (χ1v) is 11.1. The molecule has 2 N–H and O–H groups in total. The summed E-state index contributed by atoms with van der Waals surface area (Å²) in [6.45, 7) is 1.84. The first-order chi connectivity index (χ1) is 16.4. The number of rotatable bonds is 4. The van der Waals surface area contributed by atoms with E-state index < -0.39 is 17.6 Å². The summed E-state index contributed by atoms with van der Waals surface area (Å²) < 4.78 is 39.0. The van der Waals surface area contributed by atoms with Crippen molar-refractivity contribution in [3.8, 4) is 11.4 Å². The van der Waals surface area contributed by atoms with Crippen molar-refractivity contribution in [3.63, 3.8) is 0 Å². The Hall–Kier alpha value is -3.88. The lowest BCUT2D eigenvalue weighted by molar-refractivity contribution is -0.137. The van der Waals surface area contributed by atoms with Crippen LogP contribution in [0.5, 0.6) is 0 Å². The van der Waals surface area contributed by atoms with Gasteiger partial charge in [0.05, 0.1) is 11.1 Å². The molecule has 0 atom stereocenters. The molecule has 1 aliphatic rings. The highest BCUT2D eigenvalue weighted by atomic mass is 19.4. The Morgan fingerprint density at radius 1 is 0.971 bits per heavy atom. The second kappa shape index (κ2) is 8.81. The third kappa shape index (κ3) is 4.46. The minimum atomic E-state index is -4.49. The van der Waals surface area contributed by atoms with Gasteiger partial charge in [-0.1, -0.05) is 18.2 Å². The van der Waals surface area contributed by atoms with Gasteiger partial charge in [-0.05, 0) is 55.7 Å². The van der Waals surface area contributed by atoms with Crippen LogP contribution in [0.25, 0.3) is 22.4 Å². The lowest BCUT2D eigenvalue weighted by Crippen LogP contribution is -2.30. The van der Waals surface area contributed by atoms with E-state index in [1.54, 1.807) is 18.2 Å². The van der Waals surface area contributed by atoms with Crippen LogP contribution in [0.4, 0.5) is 24.7 Å². The molecule has 6 nitrogen and oxygen atoms in total. The van der Waals surface area contributed by atoms with E-state index >= 15 is 0 Å². The van der Waals surface area contributed by atoms with Gasteiger partial charge in [0.15, 0.2) is 11.6 Å². The molecule has 1 amide bonds. The Balaban J connectivity index is 1.45. The fraction of sp³-hybridized carbons (Fsp3) is 0.240. The number of aromatic nitrogens is 3. The molecule has 0 saturated carbocycles. The lowest BCUT2D eigenvalue weighted by Gasteiger charge is -2.28. The Labute approximate surface area is 193 Å². The zero-order valence-corrected chi connectivity index (χ0v) is 18.2. The third-order valence-corrected chi connectivity index (χ3v) is 5.87. The van der Waals surface area contributed by atoms with Gasteiger partial charge in [0, 0.05) is 36.1 Å². The van der Waals surface area contributed by atoms with Gasteiger partial charge in [0.25, 0.3) is 5.91 Å². The Kier molecular flexibility index (Phi) is 5.69. The second-order valence-corrected chi connectivity index (χ2v) is 8.27. The maximum atomic E-state index is 13.0. The minimum Gasteiger partial charge on any atom is -0.357 e. The summed E-state index contributed by atoms with van der Waals surface area (Å²) in [5.41, 5.74) is 1.86. The molecule has 1 saturated heterocycles. The number of fused-ring (bicyclic) bond motifs is 1. The number of carbonyl (C=O) groups is 1. The topological polar surface area (TPSA) is 73.9 Å². The van der Waals surface area contributed by atoms with Gasteiger partial charge >= 0.3 is 6.18 Å². The van der Waals surface area contributed by atoms with E-state index in [2.05, 4.69) is 20.2 Å². The van der Waals surface area contributed by atoms with Crippen LogP contribution in [-0.4, -0.2) is 33.9 Å². The molecule has 1 fully saturated rings. The van der Waals surface area contributed by atoms with Crippen LogP contribution in [0.2, 0.25) is 0 Å². The van der Waals surface area contributed by atoms with E-state index in [0.717, 1.165) is 54.9 Å². The molecule has 3 heterocycles. The molecule has 0 aliphatic carbocycles. The van der Waals surface area contributed by atoms with Crippen LogP contribution >= 0.6 is 0 Å². The molecule has 4 aromatic rings. The molecule has 174 valence electrons. The molecule has 2 aromatic carbocycles. The summed E-state index contributed by atoms with van der Waals surface area (Å²) in [5.74, 6) is 0.810. The average Bonchev–Trinajstić information content (AvgIpc) is 3.32. The van der Waals surface area contributed by atoms with Gasteiger partial charge in [-0.25, -0.2) is 9.97 Å². The number of nitrogens with zero attached hydrogens (tertiary/aromatic N) is 3. The lowest BCUT2D eigenvalue weighted by atomic mass is 10.1. The SMILES string of the molecule is O=C(Nc1cccc(C(F)(F)F)c1)c1cccc(-c2nc(N3CCCCC3)c3[nH]ccc3n2)c1. The van der Waals surface area contributed by atoms with Crippen molar-refractivity contribution in [2.45, 2.75) is 25.4 Å². The maximum absolute atomic E-state index is 13.0. The van der Waals surface area contributed by atoms with Crippen molar-refractivity contribution in [1.29, 1.82) is 0 Å². The molecule has 5 rings (SSSR count). The Morgan fingerprint density at radius 2 is 1.76 bits per heavy atom. The molecular weight excluding hydrogens is 443 g/mol. The van der Waals surface area contributed by atoms with E-state index in [-0.39, 0.29) is 5.69 Å². The summed E-state index contributed by atoms with van der Waals surface area (Å²) in [6.07, 6.45) is 0.751. The highest BCUT2D eigenvalue weighted by Gasteiger charge is 2.30. The number of hydrogen-bond acceptors (Lipinski definition) is 4. The molecule has 0 radical (unpaired) electrons. The number of aromatic amines is 1. The zero-order valence-electron chi connectivity index (χ0n) is 18.2. The molecule has 2 aromatic heterocycles. The van der Waals surface area contributed by atoms with Crippen LogP contribution in [0.1, 0.15) is 35.2 Å². The minimum absolute atomic E-state index is 0.0719. The first kappa shape index (κ1) is 21.9. The third-order valence-electron chi connectivity index (χ3n) is 5.87. The van der Waals surface area contributed by atoms with Crippen molar-refractivity contribution in [1.82, 2.24) is 15.0 Å². The van der Waals surface area contributed by atoms with Crippen LogP contribution in [-0.2, 0) is 6.18 Å². The van der Waals surface area contributed by atoms with E-state index in [4.69, 9.17) is 4.98 Å². The van der Waals surface area contributed by atoms with Gasteiger partial charge in [-0.3, -0.25) is 4.79 Å². The molecule has 0 unspecified atom stereocenters. The monoisotopic (exact) mass is 465 g/mol. The largest absolute Gasteiger partial charge is 0.416 e. The van der Waals surface area contributed by atoms with Gasteiger partial charge < -0.3 is 15.2 Å². The molecule has 1 aliphatic heterocycles. The van der Waals surface area contributed by atoms with E-state index in [9.17, 15) is 18.0 Å². The standard InChI is InChI=1S/C25H22F3N5O/c26-25(27,28)18-8-5-9-19(15-18)30-24(34)17-7-4-6-16(14-17)22-31-20-10-11-29-21(20)23(32-22)33-12-2-1-3-13-33/h4-11,14-15,29H,1-3,12-13H2,(H,30,34). The van der Waals surface area contributed by atoms with E-state index in [0.29, 0.717) is 17.0 Å². The van der Waals surface area contributed by atoms with Crippen LogP contribution in [0, 0.1) is 0 Å². The molecule has 0 bridgehead atoms. The number of piperidine rings is 1. The van der Waals surface area contributed by atoms with Crippen LogP contribution in [0.15, 0.2) is 60.8 Å². The fourth-order valence-electron chi connectivity index (χ4n) is 4.17. The van der Waals surface area contributed by atoms with Gasteiger partial charge in [-0.15, -0.1) is 0 Å². The molecule has 9 heteroatoms. The highest BCUT2D eigenvalue weighted by molar-refractivity contribution is 6.05.